The SMILES string of the molecule is Cc1ccc(OCc2ccccc2)cc1O. The predicted octanol–water partition coefficient (Wildman–Crippen LogP) is 3.28. The summed E-state index contributed by atoms with van der Waals surface area (Å²) in [6.45, 7) is 2.37. The highest BCUT2D eigenvalue weighted by Crippen LogP contribution is 2.23. The second-order valence-corrected chi connectivity index (χ2v) is 3.72. The van der Waals surface area contributed by atoms with Crippen LogP contribution in [0.15, 0.2) is 48.5 Å². The number of ether oxygens (including phenoxy) is 1. The molecule has 2 aromatic carbocycles. The molecule has 0 radical (unpaired) electrons. The van der Waals surface area contributed by atoms with Crippen LogP contribution in [-0.4, -0.2) is 5.11 Å². The lowest BCUT2D eigenvalue weighted by atomic mass is 10.2. The lowest BCUT2D eigenvalue weighted by Gasteiger charge is -2.07. The fourth-order valence-electron chi connectivity index (χ4n) is 1.42. The summed E-state index contributed by atoms with van der Waals surface area (Å²) in [5.74, 6) is 0.956. The minimum atomic E-state index is 0.269. The van der Waals surface area contributed by atoms with Gasteiger partial charge >= 0.3 is 0 Å². The average Bonchev–Trinajstić information content (AvgIpc) is 2.32. The minimum Gasteiger partial charge on any atom is -0.508 e. The van der Waals surface area contributed by atoms with Crippen molar-refractivity contribution < 1.29 is 9.84 Å². The Bertz CT molecular complexity index is 463. The molecule has 16 heavy (non-hydrogen) atoms. The molecule has 0 spiro atoms. The largest absolute Gasteiger partial charge is 0.508 e. The summed E-state index contributed by atoms with van der Waals surface area (Å²) < 4.78 is 5.57. The van der Waals surface area contributed by atoms with Gasteiger partial charge in [0.25, 0.3) is 0 Å². The lowest BCUT2D eigenvalue weighted by molar-refractivity contribution is 0.304. The Morgan fingerprint density at radius 3 is 2.50 bits per heavy atom. The summed E-state index contributed by atoms with van der Waals surface area (Å²) in [6, 6.07) is 15.3. The van der Waals surface area contributed by atoms with Crippen LogP contribution in [0.25, 0.3) is 0 Å². The summed E-state index contributed by atoms with van der Waals surface area (Å²) in [5, 5.41) is 9.52. The highest BCUT2D eigenvalue weighted by molar-refractivity contribution is 5.38. The zero-order valence-corrected chi connectivity index (χ0v) is 9.18. The molecule has 0 aromatic heterocycles. The van der Waals surface area contributed by atoms with Crippen LogP contribution in [0.5, 0.6) is 11.5 Å². The van der Waals surface area contributed by atoms with Crippen LogP contribution in [0.2, 0.25) is 0 Å². The molecular formula is C14H14O2. The van der Waals surface area contributed by atoms with Gasteiger partial charge in [0.15, 0.2) is 0 Å². The fraction of sp³-hybridized carbons (Fsp3) is 0.143. The van der Waals surface area contributed by atoms with E-state index < -0.39 is 0 Å². The molecule has 0 fully saturated rings. The van der Waals surface area contributed by atoms with E-state index >= 15 is 0 Å². The molecular weight excluding hydrogens is 200 g/mol. The van der Waals surface area contributed by atoms with Crippen molar-refractivity contribution in [2.75, 3.05) is 0 Å². The van der Waals surface area contributed by atoms with Crippen molar-refractivity contribution in [1.82, 2.24) is 0 Å². The van der Waals surface area contributed by atoms with E-state index in [-0.39, 0.29) is 5.75 Å². The molecule has 0 heterocycles. The second kappa shape index (κ2) is 4.71. The van der Waals surface area contributed by atoms with Crippen molar-refractivity contribution >= 4 is 0 Å². The second-order valence-electron chi connectivity index (χ2n) is 3.72. The zero-order valence-electron chi connectivity index (χ0n) is 9.18. The Morgan fingerprint density at radius 2 is 1.81 bits per heavy atom. The van der Waals surface area contributed by atoms with Crippen molar-refractivity contribution in [3.05, 3.63) is 59.7 Å². The number of phenolic OH excluding ortho intramolecular Hbond substituents is 1. The Morgan fingerprint density at radius 1 is 1.06 bits per heavy atom. The molecule has 82 valence electrons. The summed E-state index contributed by atoms with van der Waals surface area (Å²) in [5.41, 5.74) is 1.97. The van der Waals surface area contributed by atoms with Gasteiger partial charge in [0.2, 0.25) is 0 Å². The van der Waals surface area contributed by atoms with Crippen molar-refractivity contribution in [2.45, 2.75) is 13.5 Å². The smallest absolute Gasteiger partial charge is 0.123 e. The van der Waals surface area contributed by atoms with Gasteiger partial charge < -0.3 is 9.84 Å². The number of hydrogen-bond donors (Lipinski definition) is 1. The molecule has 0 aliphatic heterocycles. The molecule has 0 saturated heterocycles. The monoisotopic (exact) mass is 214 g/mol. The molecule has 0 atom stereocenters. The summed E-state index contributed by atoms with van der Waals surface area (Å²) in [6.07, 6.45) is 0. The molecule has 0 amide bonds. The Kier molecular flexibility index (Phi) is 3.10. The first-order valence-electron chi connectivity index (χ1n) is 5.22. The molecule has 2 heteroatoms. The zero-order chi connectivity index (χ0) is 11.4. The Hall–Kier alpha value is -1.96. The van der Waals surface area contributed by atoms with Gasteiger partial charge in [0.05, 0.1) is 0 Å². The third-order valence-corrected chi connectivity index (χ3v) is 2.43. The highest BCUT2D eigenvalue weighted by atomic mass is 16.5. The molecule has 0 bridgehead atoms. The van der Waals surface area contributed by atoms with E-state index in [1.54, 1.807) is 6.07 Å². The van der Waals surface area contributed by atoms with Crippen molar-refractivity contribution in [1.29, 1.82) is 0 Å². The van der Waals surface area contributed by atoms with E-state index in [2.05, 4.69) is 0 Å². The van der Waals surface area contributed by atoms with Crippen LogP contribution in [0, 0.1) is 6.92 Å². The third-order valence-electron chi connectivity index (χ3n) is 2.43. The maximum atomic E-state index is 9.52. The van der Waals surface area contributed by atoms with Crippen LogP contribution in [0.4, 0.5) is 0 Å². The van der Waals surface area contributed by atoms with Crippen LogP contribution in [-0.2, 0) is 6.61 Å². The summed E-state index contributed by atoms with van der Waals surface area (Å²) in [4.78, 5) is 0. The number of hydrogen-bond acceptors (Lipinski definition) is 2. The molecule has 2 aromatic rings. The number of benzene rings is 2. The molecule has 0 saturated carbocycles. The van der Waals surface area contributed by atoms with E-state index in [9.17, 15) is 5.11 Å². The summed E-state index contributed by atoms with van der Waals surface area (Å²) >= 11 is 0. The van der Waals surface area contributed by atoms with E-state index in [4.69, 9.17) is 4.74 Å². The quantitative estimate of drug-likeness (QED) is 0.849. The van der Waals surface area contributed by atoms with E-state index in [1.807, 2.05) is 49.4 Å². The Labute approximate surface area is 95.1 Å². The van der Waals surface area contributed by atoms with E-state index in [0.717, 1.165) is 11.1 Å². The van der Waals surface area contributed by atoms with Crippen molar-refractivity contribution in [3.8, 4) is 11.5 Å². The first-order chi connectivity index (χ1) is 7.75. The van der Waals surface area contributed by atoms with Gasteiger partial charge in [0, 0.05) is 6.07 Å². The Balaban J connectivity index is 2.03. The normalized spacial score (nSPS) is 10.1. The van der Waals surface area contributed by atoms with Gasteiger partial charge in [0.1, 0.15) is 18.1 Å². The topological polar surface area (TPSA) is 29.5 Å². The minimum absolute atomic E-state index is 0.269. The summed E-state index contributed by atoms with van der Waals surface area (Å²) in [7, 11) is 0. The molecule has 0 unspecified atom stereocenters. The molecule has 2 nitrogen and oxygen atoms in total. The number of aromatic hydroxyl groups is 1. The van der Waals surface area contributed by atoms with Gasteiger partial charge in [-0.3, -0.25) is 0 Å². The molecule has 1 N–H and O–H groups in total. The maximum Gasteiger partial charge on any atom is 0.123 e. The standard InChI is InChI=1S/C14H14O2/c1-11-7-8-13(9-14(11)15)16-10-12-5-3-2-4-6-12/h2-9,15H,10H2,1H3. The van der Waals surface area contributed by atoms with Gasteiger partial charge in [-0.15, -0.1) is 0 Å². The van der Waals surface area contributed by atoms with Gasteiger partial charge in [-0.2, -0.15) is 0 Å². The number of aryl methyl sites for hydroxylation is 1. The van der Waals surface area contributed by atoms with Crippen LogP contribution >= 0.6 is 0 Å². The first kappa shape index (κ1) is 10.6. The predicted molar refractivity (Wildman–Crippen MR) is 63.6 cm³/mol. The molecule has 0 aliphatic rings. The van der Waals surface area contributed by atoms with Crippen LogP contribution < -0.4 is 4.74 Å². The highest BCUT2D eigenvalue weighted by Gasteiger charge is 1.99. The van der Waals surface area contributed by atoms with Gasteiger partial charge in [-0.05, 0) is 24.1 Å². The molecule has 0 aliphatic carbocycles. The van der Waals surface area contributed by atoms with Crippen molar-refractivity contribution in [2.24, 2.45) is 0 Å². The van der Waals surface area contributed by atoms with E-state index in [0.29, 0.717) is 12.4 Å². The fourth-order valence-corrected chi connectivity index (χ4v) is 1.42. The van der Waals surface area contributed by atoms with Crippen molar-refractivity contribution in [3.63, 3.8) is 0 Å². The average molecular weight is 214 g/mol. The first-order valence-corrected chi connectivity index (χ1v) is 5.22. The van der Waals surface area contributed by atoms with Crippen LogP contribution in [0.1, 0.15) is 11.1 Å². The van der Waals surface area contributed by atoms with E-state index in [1.165, 1.54) is 0 Å². The number of rotatable bonds is 3. The van der Waals surface area contributed by atoms with Crippen LogP contribution in [0.3, 0.4) is 0 Å². The van der Waals surface area contributed by atoms with Gasteiger partial charge in [-0.25, -0.2) is 0 Å². The molecule has 2 rings (SSSR count). The number of phenols is 1. The lowest BCUT2D eigenvalue weighted by Crippen LogP contribution is -1.94. The third kappa shape index (κ3) is 2.54. The maximum absolute atomic E-state index is 9.52. The van der Waals surface area contributed by atoms with Gasteiger partial charge in [-0.1, -0.05) is 36.4 Å².